The lowest BCUT2D eigenvalue weighted by atomic mass is 10.1. The number of pyridine rings is 1. The van der Waals surface area contributed by atoms with Crippen LogP contribution >= 0.6 is 11.3 Å². The predicted molar refractivity (Wildman–Crippen MR) is 104 cm³/mol. The fraction of sp³-hybridized carbons (Fsp3) is 0.250. The Morgan fingerprint density at radius 3 is 2.54 bits per heavy atom. The Morgan fingerprint density at radius 1 is 1.11 bits per heavy atom. The summed E-state index contributed by atoms with van der Waals surface area (Å²) in [4.78, 5) is 32.9. The van der Waals surface area contributed by atoms with Gasteiger partial charge in [-0.15, -0.1) is 11.3 Å². The summed E-state index contributed by atoms with van der Waals surface area (Å²) in [7, 11) is 0. The fourth-order valence-electron chi connectivity index (χ4n) is 3.27. The molecule has 0 aliphatic carbocycles. The fourth-order valence-corrected chi connectivity index (χ4v) is 4.46. The number of amides is 2. The second-order valence-corrected chi connectivity index (χ2v) is 7.56. The summed E-state index contributed by atoms with van der Waals surface area (Å²) in [6.07, 6.45) is 2.62. The van der Waals surface area contributed by atoms with Crippen molar-refractivity contribution in [1.82, 2.24) is 14.8 Å². The molecule has 1 aliphatic rings. The zero-order valence-electron chi connectivity index (χ0n) is 15.2. The number of fused-ring (bicyclic) bond motifs is 1. The number of piperazine rings is 1. The van der Waals surface area contributed by atoms with Crippen LogP contribution in [0.2, 0.25) is 0 Å². The Labute approximate surface area is 165 Å². The number of rotatable bonds is 2. The maximum Gasteiger partial charge on any atom is 0.415 e. The molecule has 1 aliphatic heterocycles. The van der Waals surface area contributed by atoms with Gasteiger partial charge in [0.1, 0.15) is 5.82 Å². The van der Waals surface area contributed by atoms with Crippen molar-refractivity contribution in [2.24, 2.45) is 0 Å². The lowest BCUT2D eigenvalue weighted by Crippen LogP contribution is -2.51. The first kappa shape index (κ1) is 18.4. The van der Waals surface area contributed by atoms with Gasteiger partial charge in [0.25, 0.3) is 5.91 Å². The third-order valence-electron chi connectivity index (χ3n) is 4.76. The van der Waals surface area contributed by atoms with E-state index in [1.807, 2.05) is 6.07 Å². The molecular weight excluding hydrogens is 381 g/mol. The van der Waals surface area contributed by atoms with Gasteiger partial charge in [0.05, 0.1) is 11.1 Å². The molecule has 0 bridgehead atoms. The van der Waals surface area contributed by atoms with Crippen LogP contribution in [0.25, 0.3) is 10.1 Å². The minimum atomic E-state index is -0.458. The number of carbonyl (C=O) groups excluding carboxylic acids is 2. The molecule has 4 rings (SSSR count). The highest BCUT2D eigenvalue weighted by molar-refractivity contribution is 7.21. The number of nitrogens with zero attached hydrogens (tertiary/aromatic N) is 3. The zero-order valence-corrected chi connectivity index (χ0v) is 16.0. The monoisotopic (exact) mass is 399 g/mol. The van der Waals surface area contributed by atoms with Crippen LogP contribution in [0.1, 0.15) is 15.2 Å². The molecule has 28 heavy (non-hydrogen) atoms. The van der Waals surface area contributed by atoms with Crippen LogP contribution in [-0.2, 0) is 0 Å². The number of carbonyl (C=O) groups is 2. The molecule has 3 heterocycles. The van der Waals surface area contributed by atoms with Gasteiger partial charge >= 0.3 is 6.09 Å². The molecule has 1 fully saturated rings. The van der Waals surface area contributed by atoms with Gasteiger partial charge in [-0.2, -0.15) is 0 Å². The number of aryl methyl sites for hydroxylation is 1. The molecule has 1 saturated heterocycles. The summed E-state index contributed by atoms with van der Waals surface area (Å²) in [6, 6.07) is 8.22. The molecule has 144 valence electrons. The maximum absolute atomic E-state index is 14.1. The van der Waals surface area contributed by atoms with Crippen molar-refractivity contribution in [2.45, 2.75) is 6.92 Å². The second kappa shape index (κ2) is 7.55. The molecular formula is C20H18FN3O3S. The van der Waals surface area contributed by atoms with E-state index in [1.165, 1.54) is 23.6 Å². The first-order valence-corrected chi connectivity index (χ1v) is 9.70. The van der Waals surface area contributed by atoms with E-state index < -0.39 is 6.09 Å². The van der Waals surface area contributed by atoms with Crippen molar-refractivity contribution >= 4 is 33.4 Å². The Balaban J connectivity index is 1.42. The minimum absolute atomic E-state index is 0.127. The molecule has 0 atom stereocenters. The first-order valence-electron chi connectivity index (χ1n) is 8.88. The van der Waals surface area contributed by atoms with Gasteiger partial charge < -0.3 is 14.5 Å². The van der Waals surface area contributed by atoms with Gasteiger partial charge in [0, 0.05) is 42.5 Å². The van der Waals surface area contributed by atoms with Crippen LogP contribution in [0.15, 0.2) is 42.7 Å². The number of halogens is 1. The minimum Gasteiger partial charge on any atom is -0.409 e. The Hall–Kier alpha value is -3.00. The largest absolute Gasteiger partial charge is 0.415 e. The van der Waals surface area contributed by atoms with Crippen molar-refractivity contribution in [3.63, 3.8) is 0 Å². The third-order valence-corrected chi connectivity index (χ3v) is 6.01. The standard InChI is InChI=1S/C20H18FN3O3S/c1-13-17-15(21)5-2-6-16(17)28-18(13)19(25)23-8-10-24(11-9-23)20(26)27-14-4-3-7-22-12-14/h2-7,12H,8-11H2,1H3. The quantitative estimate of drug-likeness (QED) is 0.659. The van der Waals surface area contributed by atoms with E-state index in [0.29, 0.717) is 47.8 Å². The third kappa shape index (κ3) is 3.43. The maximum atomic E-state index is 14.1. The molecule has 0 N–H and O–H groups in total. The number of hydrogen-bond acceptors (Lipinski definition) is 5. The number of ether oxygens (including phenoxy) is 1. The summed E-state index contributed by atoms with van der Waals surface area (Å²) in [5, 5.41) is 0.509. The number of benzene rings is 1. The van der Waals surface area contributed by atoms with E-state index >= 15 is 0 Å². The number of hydrogen-bond donors (Lipinski definition) is 0. The molecule has 0 unspecified atom stereocenters. The van der Waals surface area contributed by atoms with Crippen LogP contribution in [0.5, 0.6) is 5.75 Å². The van der Waals surface area contributed by atoms with Gasteiger partial charge in [-0.05, 0) is 36.8 Å². The molecule has 3 aromatic rings. The SMILES string of the molecule is Cc1c(C(=O)N2CCN(C(=O)Oc3cccnc3)CC2)sc2cccc(F)c12. The van der Waals surface area contributed by atoms with Crippen molar-refractivity contribution in [3.05, 3.63) is 59.0 Å². The highest BCUT2D eigenvalue weighted by Gasteiger charge is 2.28. The lowest BCUT2D eigenvalue weighted by Gasteiger charge is -2.33. The van der Waals surface area contributed by atoms with Crippen molar-refractivity contribution in [2.75, 3.05) is 26.2 Å². The Morgan fingerprint density at radius 2 is 1.86 bits per heavy atom. The summed E-state index contributed by atoms with van der Waals surface area (Å²) < 4.78 is 20.2. The van der Waals surface area contributed by atoms with Crippen molar-refractivity contribution in [1.29, 1.82) is 0 Å². The zero-order chi connectivity index (χ0) is 19.7. The van der Waals surface area contributed by atoms with Crippen molar-refractivity contribution < 1.29 is 18.7 Å². The molecule has 8 heteroatoms. The van der Waals surface area contributed by atoms with Gasteiger partial charge in [0.15, 0.2) is 5.75 Å². The molecule has 0 radical (unpaired) electrons. The summed E-state index contributed by atoms with van der Waals surface area (Å²) >= 11 is 1.31. The summed E-state index contributed by atoms with van der Waals surface area (Å²) in [5.74, 6) is -0.0550. The van der Waals surface area contributed by atoms with E-state index in [1.54, 1.807) is 41.1 Å². The van der Waals surface area contributed by atoms with Crippen LogP contribution in [-0.4, -0.2) is 53.0 Å². The van der Waals surface area contributed by atoms with Gasteiger partial charge in [-0.1, -0.05) is 6.07 Å². The molecule has 1 aromatic carbocycles. The molecule has 6 nitrogen and oxygen atoms in total. The van der Waals surface area contributed by atoms with Gasteiger partial charge in [0.2, 0.25) is 0 Å². The van der Waals surface area contributed by atoms with Crippen LogP contribution in [0.3, 0.4) is 0 Å². The smallest absolute Gasteiger partial charge is 0.409 e. The van der Waals surface area contributed by atoms with Crippen LogP contribution < -0.4 is 4.74 Å². The number of thiophene rings is 1. The van der Waals surface area contributed by atoms with E-state index in [-0.39, 0.29) is 11.7 Å². The van der Waals surface area contributed by atoms with Crippen molar-refractivity contribution in [3.8, 4) is 5.75 Å². The van der Waals surface area contributed by atoms with E-state index in [0.717, 1.165) is 4.70 Å². The van der Waals surface area contributed by atoms with Gasteiger partial charge in [-0.3, -0.25) is 9.78 Å². The number of aromatic nitrogens is 1. The van der Waals surface area contributed by atoms with Crippen LogP contribution in [0.4, 0.5) is 9.18 Å². The summed E-state index contributed by atoms with van der Waals surface area (Å²) in [5.41, 5.74) is 0.668. The van der Waals surface area contributed by atoms with E-state index in [2.05, 4.69) is 4.98 Å². The lowest BCUT2D eigenvalue weighted by molar-refractivity contribution is 0.0637. The normalized spacial score (nSPS) is 14.4. The molecule has 2 aromatic heterocycles. The average molecular weight is 399 g/mol. The highest BCUT2D eigenvalue weighted by atomic mass is 32.1. The molecule has 2 amide bonds. The van der Waals surface area contributed by atoms with Crippen LogP contribution in [0, 0.1) is 12.7 Å². The topological polar surface area (TPSA) is 62.7 Å². The summed E-state index contributed by atoms with van der Waals surface area (Å²) in [6.45, 7) is 3.33. The second-order valence-electron chi connectivity index (χ2n) is 6.51. The first-order chi connectivity index (χ1) is 13.5. The van der Waals surface area contributed by atoms with E-state index in [9.17, 15) is 14.0 Å². The molecule has 0 spiro atoms. The Kier molecular flexibility index (Phi) is 4.95. The molecule has 0 saturated carbocycles. The van der Waals surface area contributed by atoms with Gasteiger partial charge in [-0.25, -0.2) is 9.18 Å². The highest BCUT2D eigenvalue weighted by Crippen LogP contribution is 2.33. The average Bonchev–Trinajstić information content (AvgIpc) is 3.06. The van der Waals surface area contributed by atoms with E-state index in [4.69, 9.17) is 4.74 Å². The predicted octanol–water partition coefficient (Wildman–Crippen LogP) is 3.70. The Bertz CT molecular complexity index is 1030.